The van der Waals surface area contributed by atoms with Gasteiger partial charge in [-0.25, -0.2) is 0 Å². The Morgan fingerprint density at radius 3 is 2.46 bits per heavy atom. The number of ether oxygens (including phenoxy) is 3. The van der Waals surface area contributed by atoms with Gasteiger partial charge >= 0.3 is 0 Å². The predicted octanol–water partition coefficient (Wildman–Crippen LogP) is 5.20. The van der Waals surface area contributed by atoms with Crippen LogP contribution in [-0.4, -0.2) is 12.9 Å². The van der Waals surface area contributed by atoms with Crippen molar-refractivity contribution in [1.29, 1.82) is 0 Å². The Bertz CT molecular complexity index is 1050. The van der Waals surface area contributed by atoms with Crippen LogP contribution < -0.4 is 14.2 Å². The summed E-state index contributed by atoms with van der Waals surface area (Å²) in [6.07, 6.45) is 1.79. The number of Topliss-reactive ketones (excluding diaryl/α,β-unsaturated/α-hetero) is 1. The number of rotatable bonds is 5. The molecule has 4 heteroatoms. The van der Waals surface area contributed by atoms with Crippen LogP contribution >= 0.6 is 0 Å². The quantitative estimate of drug-likeness (QED) is 0.578. The molecule has 0 fully saturated rings. The van der Waals surface area contributed by atoms with E-state index >= 15 is 0 Å². The fraction of sp³-hybridized carbons (Fsp3) is 0.125. The second-order valence-electron chi connectivity index (χ2n) is 6.59. The zero-order chi connectivity index (χ0) is 19.5. The summed E-state index contributed by atoms with van der Waals surface area (Å²) < 4.78 is 16.8. The molecular formula is C24H20O4. The Balaban J connectivity index is 1.49. The van der Waals surface area contributed by atoms with Gasteiger partial charge in [-0.05, 0) is 54.0 Å². The molecule has 0 aromatic heterocycles. The number of carbonyl (C=O) groups excluding carboxylic acids is 1. The van der Waals surface area contributed by atoms with E-state index in [-0.39, 0.29) is 5.78 Å². The number of hydrogen-bond acceptors (Lipinski definition) is 4. The number of ketones is 1. The lowest BCUT2D eigenvalue weighted by molar-refractivity contribution is 0.101. The van der Waals surface area contributed by atoms with E-state index in [0.29, 0.717) is 29.4 Å². The molecule has 0 saturated heterocycles. The molecule has 0 aliphatic carbocycles. The Morgan fingerprint density at radius 2 is 1.71 bits per heavy atom. The maximum absolute atomic E-state index is 12.6. The summed E-state index contributed by atoms with van der Waals surface area (Å²) in [5.41, 5.74) is 3.63. The summed E-state index contributed by atoms with van der Waals surface area (Å²) in [7, 11) is 1.64. The first kappa shape index (κ1) is 17.9. The Kier molecular flexibility index (Phi) is 4.85. The van der Waals surface area contributed by atoms with Crippen molar-refractivity contribution in [1.82, 2.24) is 0 Å². The number of aryl methyl sites for hydroxylation is 1. The molecule has 3 aromatic carbocycles. The Hall–Kier alpha value is -3.53. The second kappa shape index (κ2) is 7.61. The summed E-state index contributed by atoms with van der Waals surface area (Å²) in [4.78, 5) is 12.6. The standard InChI is InChI=1S/C24H20O4/c1-16-5-3-4-6-18(16)13-23-24(25)21-12-11-20(14-22(21)28-23)27-15-17-7-9-19(26-2)10-8-17/h3-14H,15H2,1-2H3. The highest BCUT2D eigenvalue weighted by Crippen LogP contribution is 2.35. The van der Waals surface area contributed by atoms with Gasteiger partial charge in [0.1, 0.15) is 23.9 Å². The average molecular weight is 372 g/mol. The second-order valence-corrected chi connectivity index (χ2v) is 6.59. The lowest BCUT2D eigenvalue weighted by atomic mass is 10.1. The van der Waals surface area contributed by atoms with E-state index in [0.717, 1.165) is 22.4 Å². The molecule has 0 unspecified atom stereocenters. The Labute approximate surface area is 164 Å². The average Bonchev–Trinajstić information content (AvgIpc) is 3.03. The van der Waals surface area contributed by atoms with Crippen LogP contribution in [0, 0.1) is 6.92 Å². The molecule has 0 radical (unpaired) electrons. The van der Waals surface area contributed by atoms with Gasteiger partial charge in [-0.3, -0.25) is 4.79 Å². The van der Waals surface area contributed by atoms with Crippen LogP contribution in [0.4, 0.5) is 0 Å². The maximum atomic E-state index is 12.6. The molecule has 0 amide bonds. The summed E-state index contributed by atoms with van der Waals surface area (Å²) in [5.74, 6) is 2.20. The molecule has 4 rings (SSSR count). The number of fused-ring (bicyclic) bond motifs is 1. The van der Waals surface area contributed by atoms with E-state index in [4.69, 9.17) is 14.2 Å². The number of hydrogen-bond donors (Lipinski definition) is 0. The highest BCUT2D eigenvalue weighted by Gasteiger charge is 2.27. The molecule has 140 valence electrons. The van der Waals surface area contributed by atoms with E-state index < -0.39 is 0 Å². The number of allylic oxidation sites excluding steroid dienone is 1. The van der Waals surface area contributed by atoms with Gasteiger partial charge in [0.15, 0.2) is 5.76 Å². The zero-order valence-corrected chi connectivity index (χ0v) is 15.8. The first-order valence-corrected chi connectivity index (χ1v) is 9.04. The van der Waals surface area contributed by atoms with E-state index in [2.05, 4.69) is 0 Å². The van der Waals surface area contributed by atoms with Crippen LogP contribution in [0.15, 0.2) is 72.5 Å². The highest BCUT2D eigenvalue weighted by molar-refractivity contribution is 6.14. The van der Waals surface area contributed by atoms with Gasteiger partial charge in [0.2, 0.25) is 5.78 Å². The lowest BCUT2D eigenvalue weighted by Crippen LogP contribution is -1.98. The van der Waals surface area contributed by atoms with Crippen molar-refractivity contribution in [2.75, 3.05) is 7.11 Å². The molecule has 3 aromatic rings. The molecule has 0 saturated carbocycles. The third kappa shape index (κ3) is 3.62. The molecule has 0 spiro atoms. The fourth-order valence-electron chi connectivity index (χ4n) is 3.04. The molecule has 1 aliphatic rings. The fourth-order valence-corrected chi connectivity index (χ4v) is 3.04. The molecule has 1 heterocycles. The van der Waals surface area contributed by atoms with Crippen molar-refractivity contribution in [3.63, 3.8) is 0 Å². The summed E-state index contributed by atoms with van der Waals surface area (Å²) in [6, 6.07) is 20.9. The Morgan fingerprint density at radius 1 is 0.964 bits per heavy atom. The van der Waals surface area contributed by atoms with Gasteiger partial charge in [-0.15, -0.1) is 0 Å². The third-order valence-electron chi connectivity index (χ3n) is 4.68. The largest absolute Gasteiger partial charge is 0.497 e. The molecule has 1 aliphatic heterocycles. The van der Waals surface area contributed by atoms with Crippen LogP contribution in [0.25, 0.3) is 6.08 Å². The van der Waals surface area contributed by atoms with Crippen LogP contribution in [0.2, 0.25) is 0 Å². The molecule has 28 heavy (non-hydrogen) atoms. The van der Waals surface area contributed by atoms with E-state index in [1.54, 1.807) is 31.4 Å². The smallest absolute Gasteiger partial charge is 0.231 e. The summed E-state index contributed by atoms with van der Waals surface area (Å²) in [5, 5.41) is 0. The third-order valence-corrected chi connectivity index (χ3v) is 4.68. The normalized spacial score (nSPS) is 13.9. The molecular weight excluding hydrogens is 352 g/mol. The minimum atomic E-state index is -0.111. The van der Waals surface area contributed by atoms with Crippen LogP contribution in [0.1, 0.15) is 27.0 Å². The first-order valence-electron chi connectivity index (χ1n) is 9.04. The maximum Gasteiger partial charge on any atom is 0.231 e. The first-order chi connectivity index (χ1) is 13.6. The van der Waals surface area contributed by atoms with Gasteiger partial charge < -0.3 is 14.2 Å². The number of methoxy groups -OCH3 is 1. The minimum absolute atomic E-state index is 0.111. The SMILES string of the molecule is COc1ccc(COc2ccc3c(c2)OC(=Cc2ccccc2C)C3=O)cc1. The van der Waals surface area contributed by atoms with Crippen molar-refractivity contribution >= 4 is 11.9 Å². The molecule has 0 atom stereocenters. The monoisotopic (exact) mass is 372 g/mol. The predicted molar refractivity (Wildman–Crippen MR) is 108 cm³/mol. The van der Waals surface area contributed by atoms with E-state index in [1.165, 1.54) is 0 Å². The topological polar surface area (TPSA) is 44.8 Å². The van der Waals surface area contributed by atoms with Crippen molar-refractivity contribution in [3.8, 4) is 17.2 Å². The van der Waals surface area contributed by atoms with Gasteiger partial charge in [0.25, 0.3) is 0 Å². The van der Waals surface area contributed by atoms with Crippen LogP contribution in [0.5, 0.6) is 17.2 Å². The van der Waals surface area contributed by atoms with Crippen LogP contribution in [0.3, 0.4) is 0 Å². The minimum Gasteiger partial charge on any atom is -0.497 e. The van der Waals surface area contributed by atoms with E-state index in [1.807, 2.05) is 55.5 Å². The molecule has 4 nitrogen and oxygen atoms in total. The van der Waals surface area contributed by atoms with Crippen LogP contribution in [-0.2, 0) is 6.61 Å². The van der Waals surface area contributed by atoms with E-state index in [9.17, 15) is 4.79 Å². The van der Waals surface area contributed by atoms with Crippen molar-refractivity contribution in [2.45, 2.75) is 13.5 Å². The van der Waals surface area contributed by atoms with Gasteiger partial charge in [-0.2, -0.15) is 0 Å². The van der Waals surface area contributed by atoms with Gasteiger partial charge in [0.05, 0.1) is 12.7 Å². The number of benzene rings is 3. The van der Waals surface area contributed by atoms with Crippen molar-refractivity contribution in [2.24, 2.45) is 0 Å². The summed E-state index contributed by atoms with van der Waals surface area (Å²) in [6.45, 7) is 2.42. The highest BCUT2D eigenvalue weighted by atomic mass is 16.5. The van der Waals surface area contributed by atoms with Crippen molar-refractivity contribution < 1.29 is 19.0 Å². The lowest BCUT2D eigenvalue weighted by Gasteiger charge is -2.08. The van der Waals surface area contributed by atoms with Gasteiger partial charge in [-0.1, -0.05) is 36.4 Å². The molecule has 0 bridgehead atoms. The van der Waals surface area contributed by atoms with Gasteiger partial charge in [0, 0.05) is 6.07 Å². The number of carbonyl (C=O) groups is 1. The molecule has 0 N–H and O–H groups in total. The summed E-state index contributed by atoms with van der Waals surface area (Å²) >= 11 is 0. The zero-order valence-electron chi connectivity index (χ0n) is 15.8. The van der Waals surface area contributed by atoms with Crippen molar-refractivity contribution in [3.05, 3.63) is 94.7 Å².